The molecule has 0 aliphatic carbocycles. The maximum atomic E-state index is 11.6. The number of carbonyl (C=O) groups excluding carboxylic acids is 1. The van der Waals surface area contributed by atoms with E-state index >= 15 is 0 Å². The minimum atomic E-state index is -0.528. The van der Waals surface area contributed by atoms with E-state index in [0.717, 1.165) is 28.8 Å². The van der Waals surface area contributed by atoms with E-state index in [1.807, 2.05) is 42.2 Å². The van der Waals surface area contributed by atoms with Gasteiger partial charge in [0, 0.05) is 24.0 Å². The molecule has 21 heavy (non-hydrogen) atoms. The molecule has 110 valence electrons. The summed E-state index contributed by atoms with van der Waals surface area (Å²) < 4.78 is 0. The Bertz CT molecular complexity index is 701. The smallest absolute Gasteiger partial charge is 0.225 e. The SMILES string of the molecule is CC1(C(N)=O)CCN(c2nc3ccccc3cc2CO)C1. The van der Waals surface area contributed by atoms with E-state index in [1.54, 1.807) is 0 Å². The highest BCUT2D eigenvalue weighted by Gasteiger charge is 2.39. The van der Waals surface area contributed by atoms with Gasteiger partial charge in [-0.3, -0.25) is 4.79 Å². The number of hydrogen-bond donors (Lipinski definition) is 2. The number of fused-ring (bicyclic) bond motifs is 1. The maximum Gasteiger partial charge on any atom is 0.225 e. The number of amides is 1. The summed E-state index contributed by atoms with van der Waals surface area (Å²) in [7, 11) is 0. The molecule has 1 aliphatic rings. The second-order valence-electron chi connectivity index (χ2n) is 5.92. The van der Waals surface area contributed by atoms with Crippen LogP contribution in [0.5, 0.6) is 0 Å². The van der Waals surface area contributed by atoms with Gasteiger partial charge in [-0.15, -0.1) is 0 Å². The van der Waals surface area contributed by atoms with E-state index in [0.29, 0.717) is 13.0 Å². The molecule has 2 heterocycles. The molecule has 5 heteroatoms. The van der Waals surface area contributed by atoms with E-state index < -0.39 is 5.41 Å². The highest BCUT2D eigenvalue weighted by Crippen LogP contribution is 2.34. The van der Waals surface area contributed by atoms with Gasteiger partial charge in [0.05, 0.1) is 17.5 Å². The third-order valence-corrected chi connectivity index (χ3v) is 4.32. The number of primary amides is 1. The fourth-order valence-electron chi connectivity index (χ4n) is 2.88. The van der Waals surface area contributed by atoms with Gasteiger partial charge in [0.2, 0.25) is 5.91 Å². The molecule has 1 saturated heterocycles. The first-order valence-electron chi connectivity index (χ1n) is 7.08. The van der Waals surface area contributed by atoms with Gasteiger partial charge in [0.25, 0.3) is 0 Å². The molecule has 0 saturated carbocycles. The number of benzene rings is 1. The molecule has 1 fully saturated rings. The van der Waals surface area contributed by atoms with E-state index in [-0.39, 0.29) is 12.5 Å². The molecule has 3 N–H and O–H groups in total. The number of para-hydroxylation sites is 1. The fraction of sp³-hybridized carbons (Fsp3) is 0.375. The van der Waals surface area contributed by atoms with Gasteiger partial charge >= 0.3 is 0 Å². The Kier molecular flexibility index (Phi) is 3.29. The molecule has 2 aromatic rings. The van der Waals surface area contributed by atoms with Crippen LogP contribution in [0, 0.1) is 5.41 Å². The Morgan fingerprint density at radius 2 is 2.24 bits per heavy atom. The number of nitrogens with zero attached hydrogens (tertiary/aromatic N) is 2. The van der Waals surface area contributed by atoms with Crippen molar-refractivity contribution in [2.45, 2.75) is 20.0 Å². The van der Waals surface area contributed by atoms with E-state index in [4.69, 9.17) is 5.73 Å². The van der Waals surface area contributed by atoms with Crippen molar-refractivity contribution in [3.8, 4) is 0 Å². The first kappa shape index (κ1) is 13.8. The van der Waals surface area contributed by atoms with Crippen LogP contribution in [0.1, 0.15) is 18.9 Å². The van der Waals surface area contributed by atoms with Crippen LogP contribution in [0.4, 0.5) is 5.82 Å². The van der Waals surface area contributed by atoms with Crippen molar-refractivity contribution in [1.82, 2.24) is 4.98 Å². The van der Waals surface area contributed by atoms with Crippen molar-refractivity contribution in [1.29, 1.82) is 0 Å². The number of aromatic nitrogens is 1. The minimum Gasteiger partial charge on any atom is -0.392 e. The second-order valence-corrected chi connectivity index (χ2v) is 5.92. The summed E-state index contributed by atoms with van der Waals surface area (Å²) in [6.07, 6.45) is 0.710. The molecule has 0 bridgehead atoms. The zero-order valence-corrected chi connectivity index (χ0v) is 12.0. The summed E-state index contributed by atoms with van der Waals surface area (Å²) >= 11 is 0. The zero-order valence-electron chi connectivity index (χ0n) is 12.0. The van der Waals surface area contributed by atoms with E-state index in [9.17, 15) is 9.90 Å². The topological polar surface area (TPSA) is 79.5 Å². The Labute approximate surface area is 123 Å². The number of aliphatic hydroxyl groups excluding tert-OH is 1. The number of aliphatic hydroxyl groups is 1. The van der Waals surface area contributed by atoms with Crippen molar-refractivity contribution in [2.24, 2.45) is 11.1 Å². The van der Waals surface area contributed by atoms with Crippen molar-refractivity contribution in [3.63, 3.8) is 0 Å². The third-order valence-electron chi connectivity index (χ3n) is 4.32. The van der Waals surface area contributed by atoms with Crippen LogP contribution in [0.15, 0.2) is 30.3 Å². The monoisotopic (exact) mass is 285 g/mol. The predicted molar refractivity (Wildman–Crippen MR) is 81.8 cm³/mol. The lowest BCUT2D eigenvalue weighted by molar-refractivity contribution is -0.125. The summed E-state index contributed by atoms with van der Waals surface area (Å²) in [4.78, 5) is 18.3. The lowest BCUT2D eigenvalue weighted by atomic mass is 9.89. The lowest BCUT2D eigenvalue weighted by Crippen LogP contribution is -2.37. The Morgan fingerprint density at radius 3 is 2.90 bits per heavy atom. The van der Waals surface area contributed by atoms with Gasteiger partial charge in [0.15, 0.2) is 0 Å². The Hall–Kier alpha value is -2.14. The van der Waals surface area contributed by atoms with Crippen LogP contribution < -0.4 is 10.6 Å². The fourth-order valence-corrected chi connectivity index (χ4v) is 2.88. The van der Waals surface area contributed by atoms with Gasteiger partial charge in [-0.05, 0) is 25.5 Å². The van der Waals surface area contributed by atoms with Crippen LogP contribution in [-0.4, -0.2) is 29.1 Å². The van der Waals surface area contributed by atoms with Gasteiger partial charge in [-0.2, -0.15) is 0 Å². The highest BCUT2D eigenvalue weighted by atomic mass is 16.3. The first-order valence-corrected chi connectivity index (χ1v) is 7.08. The molecular formula is C16H19N3O2. The van der Waals surface area contributed by atoms with Gasteiger partial charge in [0.1, 0.15) is 5.82 Å². The molecule has 0 spiro atoms. The van der Waals surface area contributed by atoms with Gasteiger partial charge in [-0.25, -0.2) is 4.98 Å². The second kappa shape index (κ2) is 5.00. The number of anilines is 1. The largest absolute Gasteiger partial charge is 0.392 e. The normalized spacial score (nSPS) is 21.9. The summed E-state index contributed by atoms with van der Waals surface area (Å²) in [5, 5.41) is 10.6. The summed E-state index contributed by atoms with van der Waals surface area (Å²) in [5.41, 5.74) is 6.64. The van der Waals surface area contributed by atoms with Crippen molar-refractivity contribution in [3.05, 3.63) is 35.9 Å². The van der Waals surface area contributed by atoms with E-state index in [2.05, 4.69) is 4.98 Å². The summed E-state index contributed by atoms with van der Waals surface area (Å²) in [5.74, 6) is 0.470. The average Bonchev–Trinajstić information content (AvgIpc) is 2.89. The number of pyridine rings is 1. The first-order chi connectivity index (χ1) is 10.0. The third kappa shape index (κ3) is 2.34. The molecule has 1 unspecified atom stereocenters. The quantitative estimate of drug-likeness (QED) is 0.894. The molecule has 1 aromatic heterocycles. The standard InChI is InChI=1S/C16H19N3O2/c1-16(15(17)21)6-7-19(10-16)14-12(9-20)8-11-4-2-3-5-13(11)18-14/h2-5,8,20H,6-7,9-10H2,1H3,(H2,17,21). The van der Waals surface area contributed by atoms with Crippen LogP contribution in [-0.2, 0) is 11.4 Å². The van der Waals surface area contributed by atoms with Gasteiger partial charge in [-0.1, -0.05) is 18.2 Å². The Balaban J connectivity index is 2.02. The maximum absolute atomic E-state index is 11.6. The molecule has 3 rings (SSSR count). The Morgan fingerprint density at radius 1 is 1.48 bits per heavy atom. The van der Waals surface area contributed by atoms with Crippen molar-refractivity contribution >= 4 is 22.6 Å². The molecule has 1 aromatic carbocycles. The predicted octanol–water partition coefficient (Wildman–Crippen LogP) is 1.43. The molecule has 1 amide bonds. The van der Waals surface area contributed by atoms with Crippen LogP contribution in [0.3, 0.4) is 0 Å². The molecule has 0 radical (unpaired) electrons. The van der Waals surface area contributed by atoms with Crippen LogP contribution in [0.25, 0.3) is 10.9 Å². The lowest BCUT2D eigenvalue weighted by Gasteiger charge is -2.23. The van der Waals surface area contributed by atoms with Crippen molar-refractivity contribution in [2.75, 3.05) is 18.0 Å². The van der Waals surface area contributed by atoms with Crippen molar-refractivity contribution < 1.29 is 9.90 Å². The van der Waals surface area contributed by atoms with Crippen LogP contribution in [0.2, 0.25) is 0 Å². The molecule has 1 atom stereocenters. The minimum absolute atomic E-state index is 0.0725. The van der Waals surface area contributed by atoms with E-state index in [1.165, 1.54) is 0 Å². The number of hydrogen-bond acceptors (Lipinski definition) is 4. The van der Waals surface area contributed by atoms with Gasteiger partial charge < -0.3 is 15.7 Å². The highest BCUT2D eigenvalue weighted by molar-refractivity contribution is 5.84. The number of carbonyl (C=O) groups is 1. The summed E-state index contributed by atoms with van der Waals surface area (Å²) in [6.45, 7) is 3.07. The zero-order chi connectivity index (χ0) is 15.0. The van der Waals surface area contributed by atoms with Crippen LogP contribution >= 0.6 is 0 Å². The number of rotatable bonds is 3. The molecule has 1 aliphatic heterocycles. The molecular weight excluding hydrogens is 266 g/mol. The summed E-state index contributed by atoms with van der Waals surface area (Å²) in [6, 6.07) is 9.77. The molecule has 5 nitrogen and oxygen atoms in total. The average molecular weight is 285 g/mol. The number of nitrogens with two attached hydrogens (primary N) is 1.